The average molecular weight is 366 g/mol. The van der Waals surface area contributed by atoms with Crippen molar-refractivity contribution in [3.05, 3.63) is 72.1 Å². The van der Waals surface area contributed by atoms with Crippen LogP contribution in [0.1, 0.15) is 5.56 Å². The minimum atomic E-state index is -0.931. The molecule has 27 heavy (non-hydrogen) atoms. The lowest BCUT2D eigenvalue weighted by atomic mass is 10.1. The van der Waals surface area contributed by atoms with Crippen LogP contribution in [-0.4, -0.2) is 26.7 Å². The SMILES string of the molecule is Fc1ccc(Nc2cnnc(NCCc3c[nH]c4ccccc34)n2)cc1F. The molecule has 0 fully saturated rings. The van der Waals surface area contributed by atoms with Crippen molar-refractivity contribution in [2.45, 2.75) is 6.42 Å². The Balaban J connectivity index is 1.39. The summed E-state index contributed by atoms with van der Waals surface area (Å²) in [5, 5.41) is 15.0. The van der Waals surface area contributed by atoms with Gasteiger partial charge in [-0.05, 0) is 30.2 Å². The Labute approximate surface area is 153 Å². The Morgan fingerprint density at radius 1 is 1.04 bits per heavy atom. The first kappa shape index (κ1) is 16.9. The first-order valence-corrected chi connectivity index (χ1v) is 8.40. The topological polar surface area (TPSA) is 78.5 Å². The van der Waals surface area contributed by atoms with Crippen LogP contribution in [-0.2, 0) is 6.42 Å². The summed E-state index contributed by atoms with van der Waals surface area (Å²) >= 11 is 0. The van der Waals surface area contributed by atoms with E-state index in [0.717, 1.165) is 24.1 Å². The van der Waals surface area contributed by atoms with Crippen molar-refractivity contribution in [2.24, 2.45) is 0 Å². The Kier molecular flexibility index (Phi) is 4.61. The molecule has 0 saturated heterocycles. The molecule has 0 aliphatic rings. The molecule has 6 nitrogen and oxygen atoms in total. The van der Waals surface area contributed by atoms with Gasteiger partial charge in [0.25, 0.3) is 0 Å². The minimum absolute atomic E-state index is 0.349. The first-order chi connectivity index (χ1) is 13.2. The van der Waals surface area contributed by atoms with E-state index in [-0.39, 0.29) is 0 Å². The van der Waals surface area contributed by atoms with Gasteiger partial charge < -0.3 is 15.6 Å². The van der Waals surface area contributed by atoms with Crippen molar-refractivity contribution in [3.63, 3.8) is 0 Å². The first-order valence-electron chi connectivity index (χ1n) is 8.40. The molecule has 136 valence electrons. The average Bonchev–Trinajstić information content (AvgIpc) is 3.09. The Bertz CT molecular complexity index is 1080. The second-order valence-corrected chi connectivity index (χ2v) is 5.96. The Morgan fingerprint density at radius 2 is 1.93 bits per heavy atom. The molecule has 0 unspecified atom stereocenters. The van der Waals surface area contributed by atoms with Gasteiger partial charge in [-0.15, -0.1) is 5.10 Å². The Morgan fingerprint density at radius 3 is 2.81 bits per heavy atom. The molecule has 0 aliphatic carbocycles. The lowest BCUT2D eigenvalue weighted by Crippen LogP contribution is -2.09. The van der Waals surface area contributed by atoms with Crippen molar-refractivity contribution in [1.82, 2.24) is 20.2 Å². The van der Waals surface area contributed by atoms with E-state index in [1.165, 1.54) is 23.2 Å². The number of para-hydroxylation sites is 1. The second-order valence-electron chi connectivity index (χ2n) is 5.96. The van der Waals surface area contributed by atoms with Crippen LogP contribution in [0.4, 0.5) is 26.2 Å². The molecule has 0 aliphatic heterocycles. The van der Waals surface area contributed by atoms with Gasteiger partial charge in [0.15, 0.2) is 17.5 Å². The summed E-state index contributed by atoms with van der Waals surface area (Å²) in [5.74, 6) is -1.10. The molecule has 0 amide bonds. The third-order valence-corrected chi connectivity index (χ3v) is 4.10. The number of hydrogen-bond acceptors (Lipinski definition) is 5. The number of benzene rings is 2. The smallest absolute Gasteiger partial charge is 0.244 e. The van der Waals surface area contributed by atoms with Gasteiger partial charge in [-0.1, -0.05) is 18.2 Å². The number of nitrogens with one attached hydrogen (secondary N) is 3. The van der Waals surface area contributed by atoms with Crippen LogP contribution < -0.4 is 10.6 Å². The van der Waals surface area contributed by atoms with Crippen LogP contribution in [0, 0.1) is 11.6 Å². The lowest BCUT2D eigenvalue weighted by molar-refractivity contribution is 0.509. The van der Waals surface area contributed by atoms with Gasteiger partial charge in [-0.3, -0.25) is 0 Å². The summed E-state index contributed by atoms with van der Waals surface area (Å²) in [7, 11) is 0. The van der Waals surface area contributed by atoms with E-state index in [1.807, 2.05) is 24.4 Å². The molecule has 3 N–H and O–H groups in total. The molecule has 8 heteroatoms. The molecule has 0 saturated carbocycles. The van der Waals surface area contributed by atoms with Gasteiger partial charge in [0.2, 0.25) is 5.95 Å². The van der Waals surface area contributed by atoms with Crippen molar-refractivity contribution < 1.29 is 8.78 Å². The van der Waals surface area contributed by atoms with E-state index in [9.17, 15) is 8.78 Å². The van der Waals surface area contributed by atoms with Crippen molar-refractivity contribution in [2.75, 3.05) is 17.2 Å². The summed E-state index contributed by atoms with van der Waals surface area (Å²) in [6.45, 7) is 0.623. The molecule has 2 heterocycles. The van der Waals surface area contributed by atoms with Crippen LogP contribution >= 0.6 is 0 Å². The predicted octanol–water partition coefficient (Wildman–Crippen LogP) is 4.03. The van der Waals surface area contributed by atoms with E-state index >= 15 is 0 Å². The van der Waals surface area contributed by atoms with Crippen molar-refractivity contribution >= 4 is 28.4 Å². The molecule has 0 bridgehead atoms. The van der Waals surface area contributed by atoms with E-state index in [2.05, 4.69) is 36.9 Å². The highest BCUT2D eigenvalue weighted by molar-refractivity contribution is 5.83. The number of fused-ring (bicyclic) bond motifs is 1. The number of nitrogens with zero attached hydrogens (tertiary/aromatic N) is 3. The van der Waals surface area contributed by atoms with Crippen LogP contribution in [0.2, 0.25) is 0 Å². The number of hydrogen-bond donors (Lipinski definition) is 3. The number of H-pyrrole nitrogens is 1. The summed E-state index contributed by atoms with van der Waals surface area (Å²) in [6, 6.07) is 11.6. The number of aromatic nitrogens is 4. The zero-order valence-electron chi connectivity index (χ0n) is 14.2. The maximum absolute atomic E-state index is 13.3. The quantitative estimate of drug-likeness (QED) is 0.480. The molecule has 0 spiro atoms. The molecular formula is C19H16F2N6. The predicted molar refractivity (Wildman–Crippen MR) is 100.0 cm³/mol. The van der Waals surface area contributed by atoms with Crippen molar-refractivity contribution in [1.29, 1.82) is 0 Å². The number of aromatic amines is 1. The molecule has 2 aromatic carbocycles. The minimum Gasteiger partial charge on any atom is -0.361 e. The highest BCUT2D eigenvalue weighted by atomic mass is 19.2. The van der Waals surface area contributed by atoms with E-state index in [0.29, 0.717) is 24.0 Å². The Hall–Kier alpha value is -3.55. The normalized spacial score (nSPS) is 10.9. The largest absolute Gasteiger partial charge is 0.361 e. The second kappa shape index (κ2) is 7.36. The monoisotopic (exact) mass is 366 g/mol. The fourth-order valence-corrected chi connectivity index (χ4v) is 2.81. The van der Waals surface area contributed by atoms with E-state index in [1.54, 1.807) is 0 Å². The molecule has 4 aromatic rings. The third kappa shape index (κ3) is 3.84. The number of rotatable bonds is 6. The molecule has 2 aromatic heterocycles. The van der Waals surface area contributed by atoms with Crippen molar-refractivity contribution in [3.8, 4) is 0 Å². The maximum Gasteiger partial charge on any atom is 0.244 e. The molecule has 0 atom stereocenters. The van der Waals surface area contributed by atoms with Crippen LogP contribution in [0.15, 0.2) is 54.9 Å². The summed E-state index contributed by atoms with van der Waals surface area (Å²) in [5.41, 5.74) is 2.67. The highest BCUT2D eigenvalue weighted by Gasteiger charge is 2.06. The van der Waals surface area contributed by atoms with Gasteiger partial charge in [-0.25, -0.2) is 8.78 Å². The standard InChI is InChI=1S/C19H16F2N6/c20-15-6-5-13(9-16(15)21)25-18-11-24-27-19(26-18)22-8-7-12-10-23-17-4-2-1-3-14(12)17/h1-6,9-11,23H,7-8H2,(H2,22,25,26,27). The van der Waals surface area contributed by atoms with Crippen LogP contribution in [0.5, 0.6) is 0 Å². The van der Waals surface area contributed by atoms with Crippen LogP contribution in [0.3, 0.4) is 0 Å². The van der Waals surface area contributed by atoms with Gasteiger partial charge >= 0.3 is 0 Å². The van der Waals surface area contributed by atoms with E-state index in [4.69, 9.17) is 0 Å². The molecule has 0 radical (unpaired) electrons. The van der Waals surface area contributed by atoms with Gasteiger partial charge in [0.05, 0.1) is 6.20 Å². The zero-order chi connectivity index (χ0) is 18.6. The lowest BCUT2D eigenvalue weighted by Gasteiger charge is -2.08. The maximum atomic E-state index is 13.3. The third-order valence-electron chi connectivity index (χ3n) is 4.10. The number of halogens is 2. The summed E-state index contributed by atoms with van der Waals surface area (Å²) in [6.07, 6.45) is 4.19. The van der Waals surface area contributed by atoms with Gasteiger partial charge in [-0.2, -0.15) is 10.1 Å². The van der Waals surface area contributed by atoms with E-state index < -0.39 is 11.6 Å². The summed E-state index contributed by atoms with van der Waals surface area (Å²) in [4.78, 5) is 7.52. The number of anilines is 3. The summed E-state index contributed by atoms with van der Waals surface area (Å²) < 4.78 is 26.3. The van der Waals surface area contributed by atoms with Gasteiger partial charge in [0, 0.05) is 35.4 Å². The van der Waals surface area contributed by atoms with Gasteiger partial charge in [0.1, 0.15) is 0 Å². The zero-order valence-corrected chi connectivity index (χ0v) is 14.2. The fourth-order valence-electron chi connectivity index (χ4n) is 2.81. The molecular weight excluding hydrogens is 350 g/mol. The fraction of sp³-hybridized carbons (Fsp3) is 0.105. The van der Waals surface area contributed by atoms with Crippen LogP contribution in [0.25, 0.3) is 10.9 Å². The highest BCUT2D eigenvalue weighted by Crippen LogP contribution is 2.19. The molecule has 4 rings (SSSR count).